The fourth-order valence-electron chi connectivity index (χ4n) is 4.01. The Morgan fingerprint density at radius 1 is 1.06 bits per heavy atom. The van der Waals surface area contributed by atoms with E-state index < -0.39 is 11.2 Å². The van der Waals surface area contributed by atoms with Gasteiger partial charge in [0.1, 0.15) is 28.5 Å². The van der Waals surface area contributed by atoms with E-state index in [0.29, 0.717) is 22.9 Å². The van der Waals surface area contributed by atoms with Crippen LogP contribution in [0.3, 0.4) is 0 Å². The molecule has 0 fully saturated rings. The van der Waals surface area contributed by atoms with Crippen molar-refractivity contribution in [2.45, 2.75) is 52.2 Å². The van der Waals surface area contributed by atoms with Gasteiger partial charge in [-0.15, -0.1) is 0 Å². The van der Waals surface area contributed by atoms with Crippen LogP contribution in [0.2, 0.25) is 0 Å². The molecule has 168 valence electrons. The Morgan fingerprint density at radius 3 is 2.47 bits per heavy atom. The normalized spacial score (nSPS) is 17.6. The van der Waals surface area contributed by atoms with Gasteiger partial charge in [0.15, 0.2) is 5.78 Å². The van der Waals surface area contributed by atoms with E-state index >= 15 is 0 Å². The van der Waals surface area contributed by atoms with Gasteiger partial charge in [0.25, 0.3) is 5.19 Å². The van der Waals surface area contributed by atoms with Crippen LogP contribution in [0.15, 0.2) is 42.2 Å². The highest BCUT2D eigenvalue weighted by molar-refractivity contribution is 7.20. The molecule has 0 bridgehead atoms. The lowest BCUT2D eigenvalue weighted by Crippen LogP contribution is -2.49. The maximum absolute atomic E-state index is 13.3. The van der Waals surface area contributed by atoms with Gasteiger partial charge in [-0.05, 0) is 69.5 Å². The van der Waals surface area contributed by atoms with Crippen molar-refractivity contribution in [3.05, 3.63) is 53.3 Å². The molecule has 0 atom stereocenters. The Balaban J connectivity index is 1.77. The Labute approximate surface area is 191 Å². The number of benzene rings is 2. The standard InChI is InChI=1S/C25H27NO5S/c1-7-14-8-9-16(30-23-26-18-13-15(29-6)10-11-19(18)32-23)12-17(14)20-21(27)24(2,3)31-25(4,5)22(20)28/h8-13,27H,7H2,1-6H3. The first-order valence-electron chi connectivity index (χ1n) is 10.5. The number of ketones is 1. The van der Waals surface area contributed by atoms with Crippen LogP contribution in [0.1, 0.15) is 45.7 Å². The molecule has 1 aliphatic rings. The number of carbonyl (C=O) groups excluding carboxylic acids is 1. The molecular formula is C25H27NO5S. The molecule has 4 rings (SSSR count). The summed E-state index contributed by atoms with van der Waals surface area (Å²) in [6, 6.07) is 11.3. The molecule has 0 saturated heterocycles. The molecule has 0 spiro atoms. The number of thiazole rings is 1. The van der Waals surface area contributed by atoms with Crippen molar-refractivity contribution >= 4 is 32.9 Å². The van der Waals surface area contributed by atoms with E-state index in [1.54, 1.807) is 40.9 Å². The quantitative estimate of drug-likeness (QED) is 0.504. The van der Waals surface area contributed by atoms with Crippen molar-refractivity contribution < 1.29 is 24.1 Å². The molecule has 0 unspecified atom stereocenters. The van der Waals surface area contributed by atoms with Crippen LogP contribution in [-0.4, -0.2) is 34.2 Å². The van der Waals surface area contributed by atoms with E-state index in [9.17, 15) is 9.90 Å². The first kappa shape index (κ1) is 22.3. The number of hydrogen-bond acceptors (Lipinski definition) is 7. The summed E-state index contributed by atoms with van der Waals surface area (Å²) >= 11 is 1.43. The Hall–Kier alpha value is -2.90. The molecule has 2 heterocycles. The monoisotopic (exact) mass is 453 g/mol. The van der Waals surface area contributed by atoms with Crippen LogP contribution in [0.5, 0.6) is 16.7 Å². The number of carbonyl (C=O) groups is 1. The summed E-state index contributed by atoms with van der Waals surface area (Å²) in [5.74, 6) is 0.946. The van der Waals surface area contributed by atoms with Crippen LogP contribution in [0.25, 0.3) is 15.8 Å². The largest absolute Gasteiger partial charge is 0.508 e. The number of Topliss-reactive ketones (excluding diaryl/α,β-unsaturated/α-hetero) is 1. The average molecular weight is 454 g/mol. The number of rotatable bonds is 5. The maximum atomic E-state index is 13.3. The van der Waals surface area contributed by atoms with E-state index in [1.165, 1.54) is 11.3 Å². The summed E-state index contributed by atoms with van der Waals surface area (Å²) < 4.78 is 18.2. The first-order chi connectivity index (χ1) is 15.1. The molecule has 0 radical (unpaired) electrons. The Morgan fingerprint density at radius 2 is 1.78 bits per heavy atom. The number of methoxy groups -OCH3 is 1. The van der Waals surface area contributed by atoms with Gasteiger partial charge in [-0.1, -0.05) is 24.3 Å². The van der Waals surface area contributed by atoms with E-state index in [4.69, 9.17) is 14.2 Å². The summed E-state index contributed by atoms with van der Waals surface area (Å²) in [5, 5.41) is 11.5. The minimum absolute atomic E-state index is 0.0687. The first-order valence-corrected chi connectivity index (χ1v) is 11.3. The average Bonchev–Trinajstić information content (AvgIpc) is 3.13. The fourth-order valence-corrected chi connectivity index (χ4v) is 4.82. The molecule has 32 heavy (non-hydrogen) atoms. The Bertz CT molecular complexity index is 1240. The SMILES string of the molecule is CCc1ccc(Oc2nc3cc(OC)ccc3s2)cc1C1=C(O)C(C)(C)OC(C)(C)C1=O. The van der Waals surface area contributed by atoms with Crippen molar-refractivity contribution in [3.8, 4) is 16.7 Å². The molecule has 3 aromatic rings. The molecule has 7 heteroatoms. The molecule has 0 amide bonds. The van der Waals surface area contributed by atoms with Gasteiger partial charge in [-0.25, -0.2) is 4.98 Å². The molecule has 1 aliphatic heterocycles. The highest BCUT2D eigenvalue weighted by Gasteiger charge is 2.47. The molecule has 0 aliphatic carbocycles. The zero-order chi connectivity index (χ0) is 23.3. The lowest BCUT2D eigenvalue weighted by Gasteiger charge is -2.40. The highest BCUT2D eigenvalue weighted by Crippen LogP contribution is 2.42. The second kappa shape index (κ2) is 7.90. The number of aromatic nitrogens is 1. The van der Waals surface area contributed by atoms with E-state index in [0.717, 1.165) is 21.5 Å². The zero-order valence-corrected chi connectivity index (χ0v) is 19.9. The van der Waals surface area contributed by atoms with Crippen LogP contribution >= 0.6 is 11.3 Å². The van der Waals surface area contributed by atoms with Crippen molar-refractivity contribution in [2.75, 3.05) is 7.11 Å². The number of nitrogens with zero attached hydrogens (tertiary/aromatic N) is 1. The predicted octanol–water partition coefficient (Wildman–Crippen LogP) is 6.09. The van der Waals surface area contributed by atoms with Crippen LogP contribution in [0.4, 0.5) is 0 Å². The van der Waals surface area contributed by atoms with Crippen LogP contribution in [0, 0.1) is 0 Å². The minimum atomic E-state index is -1.06. The summed E-state index contributed by atoms with van der Waals surface area (Å²) in [7, 11) is 1.62. The van der Waals surface area contributed by atoms with Crippen LogP contribution < -0.4 is 9.47 Å². The number of fused-ring (bicyclic) bond motifs is 1. The molecular weight excluding hydrogens is 426 g/mol. The summed E-state index contributed by atoms with van der Waals surface area (Å²) in [6.07, 6.45) is 0.697. The van der Waals surface area contributed by atoms with E-state index in [2.05, 4.69) is 4.98 Å². The lowest BCUT2D eigenvalue weighted by atomic mass is 9.81. The zero-order valence-electron chi connectivity index (χ0n) is 19.1. The Kier molecular flexibility index (Phi) is 5.51. The molecule has 6 nitrogen and oxygen atoms in total. The van der Waals surface area contributed by atoms with E-state index in [1.807, 2.05) is 37.3 Å². The molecule has 0 saturated carbocycles. The third-order valence-corrected chi connectivity index (χ3v) is 6.52. The van der Waals surface area contributed by atoms with Crippen molar-refractivity contribution in [1.29, 1.82) is 0 Å². The van der Waals surface area contributed by atoms with Gasteiger partial charge < -0.3 is 19.3 Å². The third kappa shape index (κ3) is 3.87. The number of hydrogen-bond donors (Lipinski definition) is 1. The molecule has 2 aromatic carbocycles. The maximum Gasteiger partial charge on any atom is 0.279 e. The van der Waals surface area contributed by atoms with Gasteiger partial charge in [0.05, 0.1) is 22.9 Å². The van der Waals surface area contributed by atoms with Gasteiger partial charge in [0.2, 0.25) is 0 Å². The fraction of sp³-hybridized carbons (Fsp3) is 0.360. The second-order valence-corrected chi connectivity index (χ2v) is 9.76. The van der Waals surface area contributed by atoms with Crippen LogP contribution in [-0.2, 0) is 16.0 Å². The number of aliphatic hydroxyl groups excluding tert-OH is 1. The van der Waals surface area contributed by atoms with Crippen molar-refractivity contribution in [2.24, 2.45) is 0 Å². The topological polar surface area (TPSA) is 77.9 Å². The highest BCUT2D eigenvalue weighted by atomic mass is 32.1. The minimum Gasteiger partial charge on any atom is -0.508 e. The summed E-state index contributed by atoms with van der Waals surface area (Å²) in [4.78, 5) is 17.8. The molecule has 1 aromatic heterocycles. The summed E-state index contributed by atoms with van der Waals surface area (Å²) in [5.41, 5.74) is 0.620. The van der Waals surface area contributed by atoms with Gasteiger partial charge in [-0.3, -0.25) is 4.79 Å². The van der Waals surface area contributed by atoms with Crippen molar-refractivity contribution in [1.82, 2.24) is 4.98 Å². The van der Waals surface area contributed by atoms with Crippen molar-refractivity contribution in [3.63, 3.8) is 0 Å². The van der Waals surface area contributed by atoms with Gasteiger partial charge in [0, 0.05) is 6.07 Å². The molecule has 1 N–H and O–H groups in total. The number of aliphatic hydroxyl groups is 1. The van der Waals surface area contributed by atoms with Gasteiger partial charge in [-0.2, -0.15) is 0 Å². The smallest absolute Gasteiger partial charge is 0.279 e. The number of ether oxygens (including phenoxy) is 3. The third-order valence-electron chi connectivity index (χ3n) is 5.60. The van der Waals surface area contributed by atoms with Gasteiger partial charge >= 0.3 is 0 Å². The summed E-state index contributed by atoms with van der Waals surface area (Å²) in [6.45, 7) is 8.99. The lowest BCUT2D eigenvalue weighted by molar-refractivity contribution is -0.158. The predicted molar refractivity (Wildman–Crippen MR) is 126 cm³/mol. The second-order valence-electron chi connectivity index (χ2n) is 8.76. The number of aryl methyl sites for hydroxylation is 1. The van der Waals surface area contributed by atoms with E-state index in [-0.39, 0.29) is 17.1 Å².